The van der Waals surface area contributed by atoms with Gasteiger partial charge in [0.25, 0.3) is 11.8 Å². The minimum absolute atomic E-state index is 0.0150. The number of unbranched alkanes of at least 4 members (excludes halogenated alkanes) is 8. The average Bonchev–Trinajstić information content (AvgIpc) is 1.60. The molecule has 8 aromatic rings. The third-order valence-electron chi connectivity index (χ3n) is 18.6. The van der Waals surface area contributed by atoms with Crippen molar-refractivity contribution in [2.75, 3.05) is 42.6 Å². The number of benzene rings is 4. The number of halogens is 4. The molecule has 30 nitrogen and oxygen atoms in total. The predicted molar refractivity (Wildman–Crippen MR) is 421 cm³/mol. The molecule has 1 fully saturated rings. The maximum atomic E-state index is 14.9. The van der Waals surface area contributed by atoms with E-state index in [1.807, 2.05) is 81.5 Å². The zero-order chi connectivity index (χ0) is 80.4. The number of carbonyl (C=O) groups is 8. The quantitative estimate of drug-likeness (QED) is 0.00733. The molecule has 12 N–H and O–H groups in total. The number of amides is 6. The first-order valence-electron chi connectivity index (χ1n) is 37.2. The fraction of sp³-hybridized carbons (Fsp3) is 0.442. The zero-order valence-electron chi connectivity index (χ0n) is 62.9. The van der Waals surface area contributed by atoms with Gasteiger partial charge >= 0.3 is 17.5 Å². The van der Waals surface area contributed by atoms with Crippen LogP contribution in [0.2, 0.25) is 0 Å². The summed E-state index contributed by atoms with van der Waals surface area (Å²) in [5.41, 5.74) is 11.9. The number of hydrogen-bond acceptors (Lipinski definition) is 22. The van der Waals surface area contributed by atoms with Crippen LogP contribution < -0.4 is 54.0 Å². The van der Waals surface area contributed by atoms with Crippen molar-refractivity contribution >= 4 is 115 Å². The van der Waals surface area contributed by atoms with Crippen molar-refractivity contribution in [2.45, 2.75) is 187 Å². The summed E-state index contributed by atoms with van der Waals surface area (Å²) in [6.45, 7) is 11.3. The molecule has 0 bridgehead atoms. The van der Waals surface area contributed by atoms with E-state index in [9.17, 15) is 61.4 Å². The number of aromatic amines is 1. The van der Waals surface area contributed by atoms with Crippen LogP contribution in [0.5, 0.6) is 0 Å². The molecule has 0 saturated carbocycles. The molecular formula is C77H94F3IN18O12S. The lowest BCUT2D eigenvalue weighted by Crippen LogP contribution is -2.57. The largest absolute Gasteiger partial charge is 0.480 e. The number of nitrogens with two attached hydrogens (primary N) is 1. The number of fused-ring (bicyclic) bond motifs is 1. The van der Waals surface area contributed by atoms with Crippen LogP contribution in [0.1, 0.15) is 180 Å². The van der Waals surface area contributed by atoms with E-state index in [-0.39, 0.29) is 98.2 Å². The van der Waals surface area contributed by atoms with Crippen molar-refractivity contribution in [3.8, 4) is 10.4 Å². The second kappa shape index (κ2) is 41.7. The van der Waals surface area contributed by atoms with Gasteiger partial charge in [-0.05, 0) is 159 Å². The number of nitrogen functional groups attached to an aromatic ring is 1. The van der Waals surface area contributed by atoms with Crippen molar-refractivity contribution in [1.29, 1.82) is 0 Å². The van der Waals surface area contributed by atoms with Gasteiger partial charge in [-0.25, -0.2) is 38.4 Å². The fourth-order valence-electron chi connectivity index (χ4n) is 12.4. The van der Waals surface area contributed by atoms with E-state index in [1.54, 1.807) is 34.6 Å². The molecule has 4 aromatic carbocycles. The van der Waals surface area contributed by atoms with Crippen LogP contribution in [0, 0.1) is 33.4 Å². The standard InChI is InChI=1S/C77H94F3IN18O12S/c1-45(47-19-21-48(22-20-47)67-46(2)87-44-112-67)88-72(105)60-38-54(111-63(102)18-13-15-35-98-42-53(95-97-98)41-85-61(100)32-31-59(75(108)109)91-70(103)49-23-26-51(27-24-49)84-39-52-40-86-69-66(89-52)73(106)94-76(82)93-69)43-99(60)74(107)68(77(3,4)5)92-62(101)17-12-10-8-6-7-9-11-14-33-83-34-16-36-110-96-71(104)55-28-29-56(78)64(80)65(55)90-58-30-25-50(81)37-57(58)79/h19-30,37,40,42,44-45,54,59-60,68,83-84,90H,6-18,31-36,38-39,41,43H2,1-5H3,(H,85,100)(H,88,105)(H,91,103)(H,92,101)(H,96,104)(H,108,109)(H3,82,86,93,94,106)/t45-,54?,59-,60-,68-/m0/s1. The van der Waals surface area contributed by atoms with E-state index in [0.29, 0.717) is 59.4 Å². The molecule has 6 amide bonds. The average molecular weight is 1680 g/mol. The van der Waals surface area contributed by atoms with Gasteiger partial charge in [0.1, 0.15) is 35.7 Å². The molecule has 1 aliphatic heterocycles. The summed E-state index contributed by atoms with van der Waals surface area (Å²) in [4.78, 5) is 147. The van der Waals surface area contributed by atoms with E-state index < -0.39 is 106 Å². The Morgan fingerprint density at radius 2 is 1.51 bits per heavy atom. The van der Waals surface area contributed by atoms with Crippen LogP contribution in [0.3, 0.4) is 0 Å². The van der Waals surface area contributed by atoms with E-state index in [0.717, 1.165) is 85.3 Å². The number of aromatic nitrogens is 8. The summed E-state index contributed by atoms with van der Waals surface area (Å²) in [7, 11) is 0. The Balaban J connectivity index is 0.662. The Hall–Kier alpha value is -10.5. The molecule has 4 aromatic heterocycles. The van der Waals surface area contributed by atoms with Gasteiger partial charge in [-0.2, -0.15) is 4.98 Å². The summed E-state index contributed by atoms with van der Waals surface area (Å²) in [6, 6.07) is 16.2. The number of carboxylic acids is 1. The van der Waals surface area contributed by atoms with Gasteiger partial charge in [-0.1, -0.05) is 88.8 Å². The summed E-state index contributed by atoms with van der Waals surface area (Å²) in [5, 5.41) is 38.4. The van der Waals surface area contributed by atoms with Crippen LogP contribution in [0.4, 0.5) is 36.2 Å². The van der Waals surface area contributed by atoms with Gasteiger partial charge in [0.05, 0.1) is 83.4 Å². The third kappa shape index (κ3) is 25.5. The molecule has 1 saturated heterocycles. The van der Waals surface area contributed by atoms with Crippen molar-refractivity contribution in [2.24, 2.45) is 5.41 Å². The number of nitrogens with one attached hydrogen (secondary N) is 9. The van der Waals surface area contributed by atoms with Crippen LogP contribution in [0.15, 0.2) is 102 Å². The molecule has 5 heterocycles. The minimum atomic E-state index is -1.38. The second-order valence-electron chi connectivity index (χ2n) is 28.4. The molecule has 9 rings (SSSR count). The fourth-order valence-corrected chi connectivity index (χ4v) is 13.7. The normalized spacial score (nSPS) is 14.2. The molecule has 0 spiro atoms. The third-order valence-corrected chi connectivity index (χ3v) is 20.2. The molecule has 1 aliphatic rings. The number of aryl methyl sites for hydroxylation is 2. The number of nitrogens with zero attached hydrogens (tertiary/aromatic N) is 8. The highest BCUT2D eigenvalue weighted by Crippen LogP contribution is 2.33. The maximum Gasteiger partial charge on any atom is 0.326 e. The zero-order valence-corrected chi connectivity index (χ0v) is 65.9. The first kappa shape index (κ1) is 85.5. The van der Waals surface area contributed by atoms with Crippen LogP contribution in [0.25, 0.3) is 21.6 Å². The van der Waals surface area contributed by atoms with Crippen molar-refractivity contribution < 1.29 is 66.2 Å². The number of hydroxylamine groups is 1. The Kier molecular flexibility index (Phi) is 31.8. The molecule has 5 atom stereocenters. The van der Waals surface area contributed by atoms with E-state index in [1.165, 1.54) is 46.7 Å². The number of esters is 1. The molecule has 598 valence electrons. The number of aliphatic carboxylic acids is 1. The summed E-state index contributed by atoms with van der Waals surface area (Å²) >= 11 is 3.45. The second-order valence-corrected chi connectivity index (χ2v) is 30.5. The molecule has 1 unspecified atom stereocenters. The topological polar surface area (TPSA) is 416 Å². The molecule has 35 heteroatoms. The number of carbonyl (C=O) groups excluding carboxylic acids is 7. The monoisotopic (exact) mass is 1680 g/mol. The van der Waals surface area contributed by atoms with Gasteiger partial charge in [0.15, 0.2) is 22.8 Å². The first-order valence-corrected chi connectivity index (χ1v) is 39.1. The number of rotatable bonds is 42. The Bertz CT molecular complexity index is 4640. The van der Waals surface area contributed by atoms with E-state index in [2.05, 4.69) is 77.9 Å². The summed E-state index contributed by atoms with van der Waals surface area (Å²) in [5.74, 6) is -8.36. The number of hydrogen-bond donors (Lipinski definition) is 11. The lowest BCUT2D eigenvalue weighted by Gasteiger charge is -2.35. The van der Waals surface area contributed by atoms with Gasteiger partial charge in [-0.3, -0.25) is 47.9 Å². The minimum Gasteiger partial charge on any atom is -0.480 e. The van der Waals surface area contributed by atoms with Gasteiger partial charge in [0, 0.05) is 47.0 Å². The maximum absolute atomic E-state index is 14.9. The predicted octanol–water partition coefficient (Wildman–Crippen LogP) is 9.92. The van der Waals surface area contributed by atoms with Gasteiger partial charge < -0.3 is 62.7 Å². The first-order chi connectivity index (χ1) is 53.7. The molecule has 0 aliphatic carbocycles. The highest BCUT2D eigenvalue weighted by Gasteiger charge is 2.46. The molecule has 0 radical (unpaired) electrons. The van der Waals surface area contributed by atoms with Crippen LogP contribution in [-0.4, -0.2) is 148 Å². The molecule has 112 heavy (non-hydrogen) atoms. The number of likely N-dealkylation sites (tertiary alicyclic amines) is 1. The van der Waals surface area contributed by atoms with Gasteiger partial charge in [-0.15, -0.1) is 16.4 Å². The SMILES string of the molecule is Cc1ncsc1-c1ccc([C@H](C)NC(=O)[C@@H]2CC(OC(=O)CCCCn3cc(CNC(=O)CC[C@H](NC(=O)c4ccc(NCc5cnc6[nH]c(N)nc(=O)c6n5)cc4)C(=O)O)nn3)CN2C(=O)[C@H](NC(=O)CCCCCCCCCCNCCCONC(=O)c2ccc(F)c(F)c2Nc2ccc(I)cc2F)C(C)(C)C)cc1. The Morgan fingerprint density at radius 3 is 2.22 bits per heavy atom. The smallest absolute Gasteiger partial charge is 0.326 e. The summed E-state index contributed by atoms with van der Waals surface area (Å²) in [6.07, 6.45) is 10.9. The van der Waals surface area contributed by atoms with Crippen LogP contribution >= 0.6 is 33.9 Å². The highest BCUT2D eigenvalue weighted by atomic mass is 127. The lowest BCUT2D eigenvalue weighted by molar-refractivity contribution is -0.150. The van der Waals surface area contributed by atoms with Crippen LogP contribution in [-0.2, 0) is 58.0 Å². The number of H-pyrrole nitrogens is 1. The number of anilines is 4. The number of thiazole rings is 1. The number of carboxylic acid groups (broad SMARTS) is 1. The van der Waals surface area contributed by atoms with Gasteiger partial charge in [0.2, 0.25) is 29.6 Å². The highest BCUT2D eigenvalue weighted by molar-refractivity contribution is 14.1. The van der Waals surface area contributed by atoms with Crippen molar-refractivity contribution in [3.05, 3.63) is 162 Å². The Labute approximate surface area is 662 Å². The lowest BCUT2D eigenvalue weighted by atomic mass is 9.85. The molecular weight excluding hydrogens is 1580 g/mol. The van der Waals surface area contributed by atoms with E-state index >= 15 is 0 Å². The number of ether oxygens (including phenoxy) is 1. The summed E-state index contributed by atoms with van der Waals surface area (Å²) < 4.78 is 51.6. The van der Waals surface area contributed by atoms with E-state index in [4.69, 9.17) is 15.3 Å². The Morgan fingerprint density at radius 1 is 0.786 bits per heavy atom. The van der Waals surface area contributed by atoms with Crippen molar-refractivity contribution in [3.63, 3.8) is 0 Å². The van der Waals surface area contributed by atoms with Crippen molar-refractivity contribution in [1.82, 2.24) is 76.9 Å².